The first kappa shape index (κ1) is 25.7. The molecule has 3 aliphatic heterocycles. The predicted molar refractivity (Wildman–Crippen MR) is 131 cm³/mol. The molecule has 3 aromatic rings. The van der Waals surface area contributed by atoms with Crippen molar-refractivity contribution in [2.24, 2.45) is 0 Å². The van der Waals surface area contributed by atoms with Gasteiger partial charge < -0.3 is 19.8 Å². The summed E-state index contributed by atoms with van der Waals surface area (Å²) in [6, 6.07) is 0.117. The fourth-order valence-corrected chi connectivity index (χ4v) is 6.84. The second-order valence-electron chi connectivity index (χ2n) is 9.90. The van der Waals surface area contributed by atoms with Gasteiger partial charge in [0.2, 0.25) is 5.88 Å². The Hall–Kier alpha value is -3.55. The molecular formula is C25H21F5N4O4S. The number of nitrogens with zero attached hydrogens (tertiary/aromatic N) is 4. The van der Waals surface area contributed by atoms with E-state index < -0.39 is 75.1 Å². The van der Waals surface area contributed by atoms with Crippen LogP contribution in [-0.2, 0) is 0 Å². The molecule has 0 aliphatic carbocycles. The third kappa shape index (κ3) is 3.98. The van der Waals surface area contributed by atoms with Gasteiger partial charge in [0.25, 0.3) is 0 Å². The summed E-state index contributed by atoms with van der Waals surface area (Å²) in [6.07, 6.45) is 0.924. The molecule has 0 spiro atoms. The van der Waals surface area contributed by atoms with Crippen LogP contribution in [0, 0.1) is 18.6 Å². The zero-order valence-electron chi connectivity index (χ0n) is 20.5. The average molecular weight is 569 g/mol. The highest BCUT2D eigenvalue weighted by molar-refractivity contribution is 8.00. The molecule has 2 saturated heterocycles. The smallest absolute Gasteiger partial charge is 0.446 e. The monoisotopic (exact) mass is 568 g/mol. The normalized spacial score (nSPS) is 24.0. The molecule has 14 heteroatoms. The maximum absolute atomic E-state index is 16.3. The van der Waals surface area contributed by atoms with Crippen molar-refractivity contribution in [1.29, 1.82) is 0 Å². The largest absolute Gasteiger partial charge is 0.508 e. The van der Waals surface area contributed by atoms with Crippen molar-refractivity contribution >= 4 is 34.4 Å². The topological polar surface area (TPSA) is 99.0 Å². The van der Waals surface area contributed by atoms with Gasteiger partial charge in [-0.05, 0) is 50.1 Å². The molecule has 5 heterocycles. The Balaban J connectivity index is 1.59. The molecule has 0 radical (unpaired) electrons. The Morgan fingerprint density at radius 1 is 1.21 bits per heavy atom. The average Bonchev–Trinajstić information content (AvgIpc) is 3.09. The van der Waals surface area contributed by atoms with Gasteiger partial charge in [-0.15, -0.1) is 0 Å². The van der Waals surface area contributed by atoms with Crippen LogP contribution in [0.3, 0.4) is 0 Å². The lowest BCUT2D eigenvalue weighted by molar-refractivity contribution is -0.0329. The summed E-state index contributed by atoms with van der Waals surface area (Å²) >= 11 is -0.777. The first-order chi connectivity index (χ1) is 18.4. The number of halogens is 5. The number of rotatable bonds is 2. The summed E-state index contributed by atoms with van der Waals surface area (Å²) in [6.45, 7) is 3.57. The third-order valence-corrected chi connectivity index (χ3v) is 8.43. The van der Waals surface area contributed by atoms with Crippen LogP contribution < -0.4 is 9.64 Å². The van der Waals surface area contributed by atoms with Crippen LogP contribution in [0.25, 0.3) is 22.0 Å². The minimum Gasteiger partial charge on any atom is -0.508 e. The van der Waals surface area contributed by atoms with Crippen LogP contribution in [0.2, 0.25) is 0 Å². The summed E-state index contributed by atoms with van der Waals surface area (Å²) in [5.74, 6) is -2.91. The number of pyridine rings is 2. The number of fused-ring (bicyclic) bond motifs is 5. The Bertz CT molecular complexity index is 1540. The van der Waals surface area contributed by atoms with Crippen molar-refractivity contribution < 1.29 is 41.7 Å². The van der Waals surface area contributed by atoms with Crippen molar-refractivity contribution in [1.82, 2.24) is 14.9 Å². The Morgan fingerprint density at radius 3 is 2.64 bits per heavy atom. The summed E-state index contributed by atoms with van der Waals surface area (Å²) in [7, 11) is 0. The predicted octanol–water partition coefficient (Wildman–Crippen LogP) is 5.68. The molecule has 2 aromatic heterocycles. The zero-order valence-corrected chi connectivity index (χ0v) is 21.3. The molecule has 1 amide bonds. The molecule has 206 valence electrons. The first-order valence-electron chi connectivity index (χ1n) is 12.1. The van der Waals surface area contributed by atoms with Gasteiger partial charge in [0, 0.05) is 29.8 Å². The molecule has 4 atom stereocenters. The van der Waals surface area contributed by atoms with Gasteiger partial charge >= 0.3 is 11.6 Å². The number of ether oxygens (including phenoxy) is 1. The Morgan fingerprint density at radius 2 is 1.95 bits per heavy atom. The van der Waals surface area contributed by atoms with Crippen LogP contribution in [-0.4, -0.2) is 67.5 Å². The van der Waals surface area contributed by atoms with E-state index in [2.05, 4.69) is 9.97 Å². The van der Waals surface area contributed by atoms with Crippen molar-refractivity contribution in [3.05, 3.63) is 35.5 Å². The third-order valence-electron chi connectivity index (χ3n) is 7.58. The molecule has 8 nitrogen and oxygen atoms in total. The summed E-state index contributed by atoms with van der Waals surface area (Å²) < 4.78 is 77.1. The standard InChI is InChI=1S/C25H21F5N4O4S/c1-9-7-31-22-17-16(9)18(27)19(13-5-12(35)6-14(26)21(13)39-25(28,29)30)32-23(17)38-10(2)20-15-4-3-11(8-33(20)22)34(15)24(36)37/h5-7,10-11,15,20,35H,3-4,8H2,1-2H3,(H,36,37). The van der Waals surface area contributed by atoms with E-state index in [1.165, 1.54) is 11.1 Å². The van der Waals surface area contributed by atoms with Gasteiger partial charge in [0.05, 0.1) is 28.4 Å². The van der Waals surface area contributed by atoms with Crippen molar-refractivity contribution in [3.63, 3.8) is 0 Å². The molecule has 39 heavy (non-hydrogen) atoms. The molecular weight excluding hydrogens is 547 g/mol. The maximum atomic E-state index is 16.3. The number of aryl methyl sites for hydroxylation is 1. The number of alkyl halides is 3. The number of phenols is 1. The van der Waals surface area contributed by atoms with Gasteiger partial charge in [0.1, 0.15) is 29.2 Å². The molecule has 2 N–H and O–H groups in total. The number of anilines is 1. The van der Waals surface area contributed by atoms with Crippen molar-refractivity contribution in [2.75, 3.05) is 11.4 Å². The Labute approximate surface area is 222 Å². The van der Waals surface area contributed by atoms with E-state index in [9.17, 15) is 32.6 Å². The number of aromatic nitrogens is 2. The lowest BCUT2D eigenvalue weighted by Gasteiger charge is -2.47. The number of hydrogen-bond donors (Lipinski definition) is 2. The number of carbonyl (C=O) groups is 1. The molecule has 3 aliphatic rings. The van der Waals surface area contributed by atoms with E-state index in [1.54, 1.807) is 13.8 Å². The van der Waals surface area contributed by atoms with Crippen LogP contribution in [0.4, 0.5) is 32.6 Å². The number of hydrogen-bond acceptors (Lipinski definition) is 7. The summed E-state index contributed by atoms with van der Waals surface area (Å²) in [5, 5.41) is 20.0. The van der Waals surface area contributed by atoms with Crippen LogP contribution in [0.15, 0.2) is 23.2 Å². The van der Waals surface area contributed by atoms with Crippen LogP contribution in [0.5, 0.6) is 11.6 Å². The van der Waals surface area contributed by atoms with E-state index in [-0.39, 0.29) is 22.7 Å². The Kier molecular flexibility index (Phi) is 5.76. The van der Waals surface area contributed by atoms with E-state index in [0.29, 0.717) is 36.8 Å². The van der Waals surface area contributed by atoms with Gasteiger partial charge in [-0.25, -0.2) is 23.5 Å². The zero-order chi connectivity index (χ0) is 28.0. The number of phenolic OH excluding ortho intramolecular Hbond substituents is 1. The number of carboxylic acid groups (broad SMARTS) is 1. The first-order valence-corrected chi connectivity index (χ1v) is 12.9. The quantitative estimate of drug-likeness (QED) is 0.301. The summed E-state index contributed by atoms with van der Waals surface area (Å²) in [5.41, 5.74) is -5.77. The number of amides is 1. The van der Waals surface area contributed by atoms with E-state index in [4.69, 9.17) is 4.74 Å². The van der Waals surface area contributed by atoms with E-state index in [1.807, 2.05) is 4.90 Å². The molecule has 6 rings (SSSR count). The minimum atomic E-state index is -4.90. The van der Waals surface area contributed by atoms with Crippen molar-refractivity contribution in [3.8, 4) is 22.9 Å². The van der Waals surface area contributed by atoms with Gasteiger partial charge in [-0.3, -0.25) is 4.90 Å². The second-order valence-corrected chi connectivity index (χ2v) is 11.0. The molecule has 0 saturated carbocycles. The highest BCUT2D eigenvalue weighted by Gasteiger charge is 2.53. The lowest BCUT2D eigenvalue weighted by Crippen LogP contribution is -2.64. The molecule has 1 aromatic carbocycles. The SMILES string of the molecule is Cc1cnc2c3c(nc(-c4cc(O)cc(F)c4SC(F)(F)F)c(F)c13)OC(C)C1C3CCC(CN21)N3C(=O)O. The summed E-state index contributed by atoms with van der Waals surface area (Å²) in [4.78, 5) is 23.2. The van der Waals surface area contributed by atoms with E-state index >= 15 is 4.39 Å². The molecule has 2 fully saturated rings. The molecule has 4 unspecified atom stereocenters. The fraction of sp³-hybridized carbons (Fsp3) is 0.400. The maximum Gasteiger partial charge on any atom is 0.446 e. The highest BCUT2D eigenvalue weighted by Crippen LogP contribution is 2.49. The van der Waals surface area contributed by atoms with Gasteiger partial charge in [-0.1, -0.05) is 0 Å². The number of aromatic hydroxyl groups is 1. The number of thioether (sulfide) groups is 1. The molecule has 2 bridgehead atoms. The lowest BCUT2D eigenvalue weighted by atomic mass is 9.97. The fourth-order valence-electron chi connectivity index (χ4n) is 6.18. The van der Waals surface area contributed by atoms with Crippen molar-refractivity contribution in [2.45, 2.75) is 61.3 Å². The van der Waals surface area contributed by atoms with Gasteiger partial charge in [0.15, 0.2) is 5.82 Å². The number of piperazine rings is 1. The van der Waals surface area contributed by atoms with Gasteiger partial charge in [-0.2, -0.15) is 13.2 Å². The minimum absolute atomic E-state index is 0.0208. The number of benzene rings is 1. The van der Waals surface area contributed by atoms with Crippen LogP contribution in [0.1, 0.15) is 25.3 Å². The van der Waals surface area contributed by atoms with Crippen LogP contribution >= 0.6 is 11.8 Å². The second kappa shape index (κ2) is 8.73. The highest BCUT2D eigenvalue weighted by atomic mass is 32.2. The van der Waals surface area contributed by atoms with E-state index in [0.717, 1.165) is 6.07 Å².